The number of urea groups is 1. The summed E-state index contributed by atoms with van der Waals surface area (Å²) < 4.78 is 6.66. The van der Waals surface area contributed by atoms with Crippen LogP contribution in [0.5, 0.6) is 0 Å². The van der Waals surface area contributed by atoms with Crippen molar-refractivity contribution >= 4 is 29.9 Å². The molecule has 47 heavy (non-hydrogen) atoms. The Hall–Kier alpha value is -4.66. The summed E-state index contributed by atoms with van der Waals surface area (Å²) in [6.07, 6.45) is 3.31. The van der Waals surface area contributed by atoms with Crippen LogP contribution in [0, 0.1) is 0 Å². The van der Waals surface area contributed by atoms with E-state index in [9.17, 15) is 24.0 Å². The number of nitrogens with zero attached hydrogens (tertiary/aromatic N) is 4. The highest BCUT2D eigenvalue weighted by atomic mass is 16.6. The van der Waals surface area contributed by atoms with Crippen LogP contribution in [0.15, 0.2) is 41.3 Å². The van der Waals surface area contributed by atoms with Gasteiger partial charge in [0.2, 0.25) is 5.91 Å². The van der Waals surface area contributed by atoms with Gasteiger partial charge in [0.15, 0.2) is 0 Å². The third-order valence-corrected chi connectivity index (χ3v) is 8.11. The molecule has 2 heterocycles. The number of piperazine rings is 1. The molecule has 0 spiro atoms. The van der Waals surface area contributed by atoms with Crippen LogP contribution in [0.4, 0.5) is 20.2 Å². The van der Waals surface area contributed by atoms with Gasteiger partial charge in [0, 0.05) is 51.0 Å². The Balaban J connectivity index is 1.24. The van der Waals surface area contributed by atoms with Gasteiger partial charge in [-0.1, -0.05) is 12.1 Å². The Morgan fingerprint density at radius 1 is 0.894 bits per heavy atom. The number of rotatable bonds is 8. The van der Waals surface area contributed by atoms with E-state index < -0.39 is 35.0 Å². The molecule has 1 aliphatic heterocycles. The Kier molecular flexibility index (Phi) is 11.1. The number of carboxylic acid groups (broad SMARTS) is 1. The summed E-state index contributed by atoms with van der Waals surface area (Å²) in [5.41, 5.74) is -0.751. The van der Waals surface area contributed by atoms with Crippen LogP contribution < -0.4 is 27.0 Å². The zero-order valence-corrected chi connectivity index (χ0v) is 27.7. The van der Waals surface area contributed by atoms with Gasteiger partial charge in [-0.25, -0.2) is 19.2 Å². The Labute approximate surface area is 274 Å². The zero-order chi connectivity index (χ0) is 34.4. The van der Waals surface area contributed by atoms with E-state index in [4.69, 9.17) is 9.84 Å². The highest BCUT2D eigenvalue weighted by Gasteiger charge is 2.37. The number of nitrogens with one attached hydrogen (secondary N) is 4. The number of carbonyl (C=O) groups is 4. The third-order valence-electron chi connectivity index (χ3n) is 8.11. The molecule has 0 unspecified atom stereocenters. The van der Waals surface area contributed by atoms with Crippen molar-refractivity contribution in [2.45, 2.75) is 90.1 Å². The predicted octanol–water partition coefficient (Wildman–Crippen LogP) is 2.88. The molecule has 0 atom stereocenters. The van der Waals surface area contributed by atoms with Gasteiger partial charge < -0.3 is 35.6 Å². The van der Waals surface area contributed by atoms with Crippen LogP contribution in [0.1, 0.15) is 65.9 Å². The maximum atomic E-state index is 13.1. The quantitative estimate of drug-likeness (QED) is 0.285. The number of anilines is 1. The first-order valence-corrected chi connectivity index (χ1v) is 15.9. The summed E-state index contributed by atoms with van der Waals surface area (Å²) in [5.74, 6) is -0.167. The molecule has 15 heteroatoms. The zero-order valence-electron chi connectivity index (χ0n) is 27.7. The van der Waals surface area contributed by atoms with Crippen molar-refractivity contribution in [1.82, 2.24) is 35.3 Å². The van der Waals surface area contributed by atoms with E-state index >= 15 is 0 Å². The lowest BCUT2D eigenvalue weighted by atomic mass is 9.91. The van der Waals surface area contributed by atoms with Crippen molar-refractivity contribution in [2.75, 3.05) is 31.5 Å². The minimum Gasteiger partial charge on any atom is -0.465 e. The first-order chi connectivity index (χ1) is 22.1. The molecule has 2 aliphatic rings. The van der Waals surface area contributed by atoms with E-state index in [1.54, 1.807) is 51.8 Å². The van der Waals surface area contributed by atoms with E-state index in [1.165, 1.54) is 9.47 Å². The third kappa shape index (κ3) is 10.2. The summed E-state index contributed by atoms with van der Waals surface area (Å²) in [6.45, 7) is 10.2. The van der Waals surface area contributed by atoms with E-state index in [-0.39, 0.29) is 43.9 Å². The molecule has 2 fully saturated rings. The molecule has 4 rings (SSSR count). The van der Waals surface area contributed by atoms with Crippen LogP contribution in [-0.4, -0.2) is 98.0 Å². The van der Waals surface area contributed by atoms with E-state index in [0.717, 1.165) is 31.2 Å². The number of amides is 5. The standard InChI is InChI=1S/C32H46N8O7/c1-31(2,3)47-30(46)37-32(4,5)26(41)38-16-18-39(19-17-38)27(42)35-25-14-15-40(28(43)36-25)24-12-6-21(7-13-24)20-33-22-8-10-23(11-9-22)34-29(44)45/h6-7,12-15,22-23,33-34H,8-11,16-20H2,1-5H3,(H,37,46)(H,44,45)(H,35,36,42,43). The van der Waals surface area contributed by atoms with Crippen LogP contribution >= 0.6 is 0 Å². The maximum absolute atomic E-state index is 13.1. The molecule has 1 saturated heterocycles. The summed E-state index contributed by atoms with van der Waals surface area (Å²) in [6, 6.07) is 8.98. The summed E-state index contributed by atoms with van der Waals surface area (Å²) in [4.78, 5) is 69.0. The number of benzene rings is 1. The van der Waals surface area contributed by atoms with Gasteiger partial charge in [0.1, 0.15) is 17.0 Å². The van der Waals surface area contributed by atoms with Crippen LogP contribution in [-0.2, 0) is 16.1 Å². The molecular weight excluding hydrogens is 608 g/mol. The first-order valence-electron chi connectivity index (χ1n) is 15.9. The lowest BCUT2D eigenvalue weighted by molar-refractivity contribution is -0.138. The Bertz CT molecular complexity index is 1490. The average molecular weight is 655 g/mol. The molecule has 1 aromatic carbocycles. The minimum atomic E-state index is -1.19. The number of hydrogen-bond acceptors (Lipinski definition) is 8. The molecule has 1 saturated carbocycles. The molecule has 15 nitrogen and oxygen atoms in total. The maximum Gasteiger partial charge on any atom is 0.408 e. The van der Waals surface area contributed by atoms with E-state index in [1.807, 2.05) is 24.3 Å². The Morgan fingerprint density at radius 2 is 1.49 bits per heavy atom. The van der Waals surface area contributed by atoms with Gasteiger partial charge in [0.25, 0.3) is 0 Å². The van der Waals surface area contributed by atoms with Gasteiger partial charge in [0.05, 0.1) is 5.69 Å². The normalized spacial score (nSPS) is 18.7. The first kappa shape index (κ1) is 35.2. The molecule has 2 aromatic rings. The van der Waals surface area contributed by atoms with Gasteiger partial charge in [-0.15, -0.1) is 0 Å². The average Bonchev–Trinajstić information content (AvgIpc) is 2.99. The second-order valence-corrected chi connectivity index (χ2v) is 13.5. The highest BCUT2D eigenvalue weighted by molar-refractivity contribution is 5.90. The smallest absolute Gasteiger partial charge is 0.408 e. The predicted molar refractivity (Wildman–Crippen MR) is 174 cm³/mol. The van der Waals surface area contributed by atoms with Crippen LogP contribution in [0.2, 0.25) is 0 Å². The number of alkyl carbamates (subject to hydrolysis) is 1. The lowest BCUT2D eigenvalue weighted by Crippen LogP contribution is -2.60. The second kappa shape index (κ2) is 14.8. The number of carbonyl (C=O) groups excluding carboxylic acids is 3. The summed E-state index contributed by atoms with van der Waals surface area (Å²) in [7, 11) is 0. The molecule has 0 radical (unpaired) electrons. The van der Waals surface area contributed by atoms with Gasteiger partial charge in [-0.05, 0) is 84.1 Å². The number of hydrogen-bond donors (Lipinski definition) is 5. The van der Waals surface area contributed by atoms with Crippen molar-refractivity contribution < 1.29 is 29.0 Å². The van der Waals surface area contributed by atoms with Crippen molar-refractivity contribution in [3.8, 4) is 5.69 Å². The van der Waals surface area contributed by atoms with E-state index in [2.05, 4.69) is 26.3 Å². The fraction of sp³-hybridized carbons (Fsp3) is 0.562. The largest absolute Gasteiger partial charge is 0.465 e. The number of aromatic nitrogens is 2. The molecule has 0 bridgehead atoms. The SMILES string of the molecule is CC(C)(C)OC(=O)NC(C)(C)C(=O)N1CCN(C(=O)Nc2ccn(-c3ccc(CNC4CCC(NC(=O)O)CC4)cc3)c(=O)n2)CC1. The molecule has 5 N–H and O–H groups in total. The van der Waals surface area contributed by atoms with Crippen LogP contribution in [0.3, 0.4) is 0 Å². The topological polar surface area (TPSA) is 187 Å². The van der Waals surface area contributed by atoms with E-state index in [0.29, 0.717) is 18.3 Å². The monoisotopic (exact) mass is 654 g/mol. The molecule has 256 valence electrons. The fourth-order valence-electron chi connectivity index (χ4n) is 5.63. The molecule has 1 aromatic heterocycles. The minimum absolute atomic E-state index is 0.0134. The number of ether oxygens (including phenoxy) is 1. The van der Waals surface area contributed by atoms with Crippen molar-refractivity contribution in [3.05, 3.63) is 52.6 Å². The van der Waals surface area contributed by atoms with Crippen molar-refractivity contribution in [3.63, 3.8) is 0 Å². The molecule has 5 amide bonds. The van der Waals surface area contributed by atoms with Gasteiger partial charge in [-0.2, -0.15) is 4.98 Å². The Morgan fingerprint density at radius 3 is 2.06 bits per heavy atom. The lowest BCUT2D eigenvalue weighted by Gasteiger charge is -2.38. The van der Waals surface area contributed by atoms with Gasteiger partial charge in [-0.3, -0.25) is 14.7 Å². The summed E-state index contributed by atoms with van der Waals surface area (Å²) in [5, 5.41) is 20.3. The van der Waals surface area contributed by atoms with Crippen molar-refractivity contribution in [1.29, 1.82) is 0 Å². The van der Waals surface area contributed by atoms with Gasteiger partial charge >= 0.3 is 23.9 Å². The van der Waals surface area contributed by atoms with Crippen LogP contribution in [0.25, 0.3) is 5.69 Å². The highest BCUT2D eigenvalue weighted by Crippen LogP contribution is 2.20. The molecule has 1 aliphatic carbocycles. The fourth-order valence-corrected chi connectivity index (χ4v) is 5.63. The summed E-state index contributed by atoms with van der Waals surface area (Å²) >= 11 is 0. The van der Waals surface area contributed by atoms with Crippen molar-refractivity contribution in [2.24, 2.45) is 0 Å². The second-order valence-electron chi connectivity index (χ2n) is 13.5. The molecular formula is C32H46N8O7.